The number of para-hydroxylation sites is 1. The van der Waals surface area contributed by atoms with Gasteiger partial charge in [-0.25, -0.2) is 4.39 Å². The van der Waals surface area contributed by atoms with Gasteiger partial charge in [-0.3, -0.25) is 9.59 Å². The smallest absolute Gasteiger partial charge is 0.264 e. The molecule has 1 N–H and O–H groups in total. The molecule has 4 aromatic carbocycles. The Kier molecular flexibility index (Phi) is 5.56. The fraction of sp³-hybridized carbons (Fsp3) is 0.103. The van der Waals surface area contributed by atoms with Crippen molar-refractivity contribution >= 4 is 17.4 Å². The number of nitrogens with zero attached hydrogens (tertiary/aromatic N) is 1. The lowest BCUT2D eigenvalue weighted by molar-refractivity contribution is -0.136. The van der Waals surface area contributed by atoms with Gasteiger partial charge in [0.2, 0.25) is 0 Å². The molecule has 168 valence electrons. The van der Waals surface area contributed by atoms with E-state index in [9.17, 15) is 19.1 Å². The third kappa shape index (κ3) is 3.91. The van der Waals surface area contributed by atoms with Crippen molar-refractivity contribution in [1.82, 2.24) is 0 Å². The maximum absolute atomic E-state index is 13.7. The fourth-order valence-corrected chi connectivity index (χ4v) is 4.47. The van der Waals surface area contributed by atoms with Crippen LogP contribution in [0.15, 0.2) is 103 Å². The SMILES string of the molecule is O=C(C[C@@]1(O)C(=O)N(Cc2cccc(F)c2)c2ccccc21)c1ccc(-c2ccccc2)cc1. The van der Waals surface area contributed by atoms with Gasteiger partial charge < -0.3 is 10.0 Å². The van der Waals surface area contributed by atoms with Crippen molar-refractivity contribution in [3.8, 4) is 11.1 Å². The zero-order chi connectivity index (χ0) is 23.7. The highest BCUT2D eigenvalue weighted by Crippen LogP contribution is 2.43. The van der Waals surface area contributed by atoms with E-state index in [4.69, 9.17) is 0 Å². The summed E-state index contributed by atoms with van der Waals surface area (Å²) in [5, 5.41) is 11.5. The molecule has 1 atom stereocenters. The lowest BCUT2D eigenvalue weighted by Crippen LogP contribution is -2.41. The normalized spacial score (nSPS) is 17.0. The predicted molar refractivity (Wildman–Crippen MR) is 129 cm³/mol. The van der Waals surface area contributed by atoms with Gasteiger partial charge in [-0.05, 0) is 34.9 Å². The van der Waals surface area contributed by atoms with Gasteiger partial charge in [-0.2, -0.15) is 0 Å². The Balaban J connectivity index is 1.41. The maximum Gasteiger partial charge on any atom is 0.264 e. The van der Waals surface area contributed by atoms with E-state index in [1.807, 2.05) is 42.5 Å². The van der Waals surface area contributed by atoms with Gasteiger partial charge in [0.25, 0.3) is 5.91 Å². The van der Waals surface area contributed by atoms with Crippen LogP contribution in [0.1, 0.15) is 27.9 Å². The fourth-order valence-electron chi connectivity index (χ4n) is 4.47. The lowest BCUT2D eigenvalue weighted by Gasteiger charge is -2.23. The van der Waals surface area contributed by atoms with Crippen molar-refractivity contribution < 1.29 is 19.1 Å². The van der Waals surface area contributed by atoms with Crippen molar-refractivity contribution in [1.29, 1.82) is 0 Å². The standard InChI is InChI=1S/C29H22FNO3/c30-24-10-6-7-20(17-24)19-31-26-12-5-4-11-25(26)29(34,28(31)33)18-27(32)23-15-13-22(14-16-23)21-8-2-1-3-9-21/h1-17,34H,18-19H2/t29-/m0/s1. The first kappa shape index (κ1) is 21.7. The summed E-state index contributed by atoms with van der Waals surface area (Å²) in [6.45, 7) is 0.0931. The third-order valence-electron chi connectivity index (χ3n) is 6.20. The molecule has 0 spiro atoms. The molecule has 1 aliphatic rings. The zero-order valence-corrected chi connectivity index (χ0v) is 18.3. The van der Waals surface area contributed by atoms with Gasteiger partial charge in [0.05, 0.1) is 18.7 Å². The number of anilines is 1. The van der Waals surface area contributed by atoms with Crippen molar-refractivity contribution in [2.75, 3.05) is 4.90 Å². The summed E-state index contributed by atoms with van der Waals surface area (Å²) in [7, 11) is 0. The highest BCUT2D eigenvalue weighted by molar-refractivity contribution is 6.10. The van der Waals surface area contributed by atoms with Crippen LogP contribution in [0.25, 0.3) is 11.1 Å². The summed E-state index contributed by atoms with van der Waals surface area (Å²) in [4.78, 5) is 28.0. The van der Waals surface area contributed by atoms with Crippen LogP contribution >= 0.6 is 0 Å². The number of halogens is 1. The monoisotopic (exact) mass is 451 g/mol. The summed E-state index contributed by atoms with van der Waals surface area (Å²) in [6, 6.07) is 29.8. The Hall–Kier alpha value is -4.09. The minimum Gasteiger partial charge on any atom is -0.375 e. The van der Waals surface area contributed by atoms with Gasteiger partial charge in [0, 0.05) is 11.1 Å². The number of amides is 1. The Bertz CT molecular complexity index is 1370. The Morgan fingerprint density at radius 3 is 2.24 bits per heavy atom. The molecule has 0 unspecified atom stereocenters. The lowest BCUT2D eigenvalue weighted by atomic mass is 9.88. The Labute approximate surface area is 196 Å². The van der Waals surface area contributed by atoms with Crippen molar-refractivity contribution in [2.45, 2.75) is 18.6 Å². The molecule has 5 rings (SSSR count). The number of hydrogen-bond acceptors (Lipinski definition) is 3. The number of aliphatic hydroxyl groups is 1. The van der Waals surface area contributed by atoms with Crippen LogP contribution in [-0.2, 0) is 16.9 Å². The quantitative estimate of drug-likeness (QED) is 0.394. The van der Waals surface area contributed by atoms with Gasteiger partial charge in [0.1, 0.15) is 5.82 Å². The first-order valence-electron chi connectivity index (χ1n) is 11.0. The molecule has 0 fully saturated rings. The second-order valence-electron chi connectivity index (χ2n) is 8.44. The van der Waals surface area contributed by atoms with Crippen LogP contribution in [0.2, 0.25) is 0 Å². The summed E-state index contributed by atoms with van der Waals surface area (Å²) < 4.78 is 13.7. The summed E-state index contributed by atoms with van der Waals surface area (Å²) in [6.07, 6.45) is -0.382. The number of rotatable bonds is 6. The average Bonchev–Trinajstić information content (AvgIpc) is 3.06. The highest BCUT2D eigenvalue weighted by atomic mass is 19.1. The van der Waals surface area contributed by atoms with E-state index >= 15 is 0 Å². The number of hydrogen-bond donors (Lipinski definition) is 1. The van der Waals surface area contributed by atoms with Gasteiger partial charge >= 0.3 is 0 Å². The molecule has 34 heavy (non-hydrogen) atoms. The highest BCUT2D eigenvalue weighted by Gasteiger charge is 2.50. The molecule has 4 aromatic rings. The number of fused-ring (bicyclic) bond motifs is 1. The number of benzene rings is 4. The minimum atomic E-state index is -1.99. The Morgan fingerprint density at radius 2 is 1.50 bits per heavy atom. The summed E-state index contributed by atoms with van der Waals surface area (Å²) in [5.74, 6) is -1.33. The number of ketones is 1. The molecule has 0 aliphatic carbocycles. The molecule has 1 amide bonds. The van der Waals surface area contributed by atoms with Crippen LogP contribution in [-0.4, -0.2) is 16.8 Å². The van der Waals surface area contributed by atoms with Crippen molar-refractivity contribution in [3.63, 3.8) is 0 Å². The van der Waals surface area contributed by atoms with Gasteiger partial charge in [0.15, 0.2) is 11.4 Å². The summed E-state index contributed by atoms with van der Waals surface area (Å²) in [5.41, 5.74) is 1.93. The van der Waals surface area contributed by atoms with E-state index in [-0.39, 0.29) is 18.7 Å². The molecule has 0 radical (unpaired) electrons. The van der Waals surface area contributed by atoms with Crippen LogP contribution in [0.5, 0.6) is 0 Å². The number of carbonyl (C=O) groups is 2. The number of Topliss-reactive ketones (excluding diaryl/α,β-unsaturated/α-hetero) is 1. The second kappa shape index (κ2) is 8.69. The summed E-state index contributed by atoms with van der Waals surface area (Å²) >= 11 is 0. The second-order valence-corrected chi connectivity index (χ2v) is 8.44. The molecule has 5 heteroatoms. The molecular formula is C29H22FNO3. The maximum atomic E-state index is 13.7. The van der Waals surface area contributed by atoms with Gasteiger partial charge in [-0.1, -0.05) is 84.9 Å². The first-order valence-corrected chi connectivity index (χ1v) is 11.0. The van der Waals surface area contributed by atoms with Crippen LogP contribution in [0.4, 0.5) is 10.1 Å². The van der Waals surface area contributed by atoms with E-state index in [0.717, 1.165) is 11.1 Å². The number of carbonyl (C=O) groups excluding carboxylic acids is 2. The van der Waals surface area contributed by atoms with E-state index < -0.39 is 17.3 Å². The molecular weight excluding hydrogens is 429 g/mol. The third-order valence-corrected chi connectivity index (χ3v) is 6.20. The van der Waals surface area contributed by atoms with E-state index in [2.05, 4.69) is 0 Å². The molecule has 0 saturated carbocycles. The molecule has 0 aromatic heterocycles. The largest absolute Gasteiger partial charge is 0.375 e. The van der Waals surface area contributed by atoms with Crippen molar-refractivity contribution in [3.05, 3.63) is 126 Å². The Morgan fingerprint density at radius 1 is 0.824 bits per heavy atom. The molecule has 4 nitrogen and oxygen atoms in total. The topological polar surface area (TPSA) is 57.6 Å². The van der Waals surface area contributed by atoms with E-state index in [1.165, 1.54) is 17.0 Å². The molecule has 1 heterocycles. The minimum absolute atomic E-state index is 0.0931. The van der Waals surface area contributed by atoms with Gasteiger partial charge in [-0.15, -0.1) is 0 Å². The first-order chi connectivity index (χ1) is 16.5. The molecule has 0 bridgehead atoms. The van der Waals surface area contributed by atoms with E-state index in [0.29, 0.717) is 22.4 Å². The molecule has 0 saturated heterocycles. The van der Waals surface area contributed by atoms with Crippen LogP contribution in [0, 0.1) is 5.82 Å². The predicted octanol–water partition coefficient (Wildman–Crippen LogP) is 5.50. The van der Waals surface area contributed by atoms with E-state index in [1.54, 1.807) is 48.5 Å². The van der Waals surface area contributed by atoms with Crippen molar-refractivity contribution in [2.24, 2.45) is 0 Å². The zero-order valence-electron chi connectivity index (χ0n) is 18.3. The average molecular weight is 451 g/mol. The molecule has 1 aliphatic heterocycles. The van der Waals surface area contributed by atoms with Crippen LogP contribution < -0.4 is 4.90 Å². The van der Waals surface area contributed by atoms with Crippen LogP contribution in [0.3, 0.4) is 0 Å².